The maximum atomic E-state index is 13.1. The van der Waals surface area contributed by atoms with Crippen LogP contribution in [0.1, 0.15) is 45.1 Å². The second kappa shape index (κ2) is 6.76. The van der Waals surface area contributed by atoms with Crippen molar-refractivity contribution in [3.63, 3.8) is 0 Å². The number of hydrogen-bond acceptors (Lipinski definition) is 3. The highest BCUT2D eigenvalue weighted by Crippen LogP contribution is 2.42. The van der Waals surface area contributed by atoms with E-state index in [1.54, 1.807) is 32.2 Å². The second-order valence-electron chi connectivity index (χ2n) is 7.29. The lowest BCUT2D eigenvalue weighted by atomic mass is 9.78. The van der Waals surface area contributed by atoms with Crippen LogP contribution in [0.3, 0.4) is 0 Å². The van der Waals surface area contributed by atoms with Gasteiger partial charge in [-0.25, -0.2) is 4.79 Å². The number of aromatic nitrogens is 2. The predicted molar refractivity (Wildman–Crippen MR) is 99.4 cm³/mol. The Morgan fingerprint density at radius 2 is 1.85 bits per heavy atom. The maximum absolute atomic E-state index is 13.1. The molecule has 1 heterocycles. The van der Waals surface area contributed by atoms with E-state index in [-0.39, 0.29) is 5.91 Å². The Bertz CT molecular complexity index is 821. The van der Waals surface area contributed by atoms with Gasteiger partial charge in [-0.3, -0.25) is 9.48 Å². The first-order chi connectivity index (χ1) is 12.3. The quantitative estimate of drug-likeness (QED) is 0.832. The van der Waals surface area contributed by atoms with Gasteiger partial charge in [0.25, 0.3) is 0 Å². The molecule has 0 aliphatic heterocycles. The minimum Gasteiger partial charge on any atom is -0.479 e. The van der Waals surface area contributed by atoms with Crippen molar-refractivity contribution in [2.75, 3.05) is 5.32 Å². The molecule has 0 unspecified atom stereocenters. The fraction of sp³-hybridized carbons (Fsp3) is 0.421. The molecule has 6 nitrogen and oxygen atoms in total. The summed E-state index contributed by atoms with van der Waals surface area (Å²) in [5.41, 5.74) is -0.334. The Morgan fingerprint density at radius 1 is 1.23 bits per heavy atom. The van der Waals surface area contributed by atoms with E-state index in [0.29, 0.717) is 10.7 Å². The van der Waals surface area contributed by atoms with Gasteiger partial charge >= 0.3 is 5.97 Å². The van der Waals surface area contributed by atoms with Crippen LogP contribution < -0.4 is 5.32 Å². The third-order valence-electron chi connectivity index (χ3n) is 5.23. The van der Waals surface area contributed by atoms with Crippen LogP contribution >= 0.6 is 11.6 Å². The fourth-order valence-electron chi connectivity index (χ4n) is 3.44. The third-order valence-corrected chi connectivity index (χ3v) is 5.48. The summed E-state index contributed by atoms with van der Waals surface area (Å²) in [6.07, 6.45) is 6.55. The normalized spacial score (nSPS) is 16.4. The minimum atomic E-state index is -1.19. The molecule has 3 rings (SSSR count). The number of amides is 1. The van der Waals surface area contributed by atoms with Gasteiger partial charge in [-0.2, -0.15) is 5.10 Å². The average Bonchev–Trinajstić information content (AvgIpc) is 3.25. The maximum Gasteiger partial charge on any atom is 0.331 e. The number of aliphatic carboxylic acids is 1. The highest BCUT2D eigenvalue weighted by Gasteiger charge is 2.43. The summed E-state index contributed by atoms with van der Waals surface area (Å²) < 4.78 is 1.34. The lowest BCUT2D eigenvalue weighted by Gasteiger charge is -2.28. The first kappa shape index (κ1) is 18.5. The molecule has 0 bridgehead atoms. The summed E-state index contributed by atoms with van der Waals surface area (Å²) >= 11 is 5.98. The summed E-state index contributed by atoms with van der Waals surface area (Å²) in [4.78, 5) is 24.5. The first-order valence-corrected chi connectivity index (χ1v) is 8.99. The standard InChI is InChI=1S/C19H22ClN3O3/c1-18(2,17(25)26)23-12-15(11-21-23)22-16(24)19(9-3-4-10-19)13-5-7-14(20)8-6-13/h5-8,11-12H,3-4,9-10H2,1-2H3,(H,22,24)(H,25,26). The monoisotopic (exact) mass is 375 g/mol. The molecular weight excluding hydrogens is 354 g/mol. The molecule has 2 N–H and O–H groups in total. The predicted octanol–water partition coefficient (Wildman–Crippen LogP) is 3.81. The zero-order valence-corrected chi connectivity index (χ0v) is 15.6. The van der Waals surface area contributed by atoms with Crippen LogP contribution in [0.15, 0.2) is 36.7 Å². The summed E-state index contributed by atoms with van der Waals surface area (Å²) in [5, 5.41) is 17.0. The van der Waals surface area contributed by atoms with Crippen molar-refractivity contribution in [3.05, 3.63) is 47.2 Å². The van der Waals surface area contributed by atoms with Crippen molar-refractivity contribution in [2.45, 2.75) is 50.5 Å². The second-order valence-corrected chi connectivity index (χ2v) is 7.72. The molecular formula is C19H22ClN3O3. The average molecular weight is 376 g/mol. The number of nitrogens with one attached hydrogen (secondary N) is 1. The summed E-state index contributed by atoms with van der Waals surface area (Å²) in [7, 11) is 0. The van der Waals surface area contributed by atoms with Gasteiger partial charge in [0, 0.05) is 11.2 Å². The summed E-state index contributed by atoms with van der Waals surface area (Å²) in [6.45, 7) is 3.11. The van der Waals surface area contributed by atoms with Crippen LogP contribution in [0.5, 0.6) is 0 Å². The Balaban J connectivity index is 1.85. The van der Waals surface area contributed by atoms with Crippen molar-refractivity contribution < 1.29 is 14.7 Å². The molecule has 0 radical (unpaired) electrons. The van der Waals surface area contributed by atoms with Gasteiger partial charge in [0.2, 0.25) is 5.91 Å². The van der Waals surface area contributed by atoms with Crippen LogP contribution in [0.2, 0.25) is 5.02 Å². The van der Waals surface area contributed by atoms with E-state index in [9.17, 15) is 14.7 Å². The Labute approximate surface area is 157 Å². The smallest absolute Gasteiger partial charge is 0.331 e. The van der Waals surface area contributed by atoms with Crippen molar-refractivity contribution in [2.24, 2.45) is 0 Å². The fourth-order valence-corrected chi connectivity index (χ4v) is 3.56. The number of hydrogen-bond donors (Lipinski definition) is 2. The Kier molecular flexibility index (Phi) is 4.80. The van der Waals surface area contributed by atoms with E-state index in [0.717, 1.165) is 31.2 Å². The van der Waals surface area contributed by atoms with Gasteiger partial charge in [0.05, 0.1) is 17.3 Å². The van der Waals surface area contributed by atoms with Crippen LogP contribution in [0.25, 0.3) is 0 Å². The molecule has 0 atom stereocenters. The first-order valence-electron chi connectivity index (χ1n) is 8.62. The van der Waals surface area contributed by atoms with Gasteiger partial charge in [-0.15, -0.1) is 0 Å². The summed E-state index contributed by atoms with van der Waals surface area (Å²) in [5.74, 6) is -1.09. The molecule has 1 amide bonds. The number of anilines is 1. The number of benzene rings is 1. The zero-order chi connectivity index (χ0) is 18.9. The topological polar surface area (TPSA) is 84.2 Å². The molecule has 1 aliphatic carbocycles. The molecule has 0 saturated heterocycles. The molecule has 1 aromatic heterocycles. The van der Waals surface area contributed by atoms with Crippen LogP contribution in [-0.2, 0) is 20.5 Å². The Hall–Kier alpha value is -2.34. The van der Waals surface area contributed by atoms with Gasteiger partial charge in [-0.1, -0.05) is 36.6 Å². The molecule has 1 aromatic carbocycles. The van der Waals surface area contributed by atoms with E-state index in [4.69, 9.17) is 11.6 Å². The molecule has 0 spiro atoms. The van der Waals surface area contributed by atoms with Crippen LogP contribution in [0.4, 0.5) is 5.69 Å². The number of halogens is 1. The van der Waals surface area contributed by atoms with Gasteiger partial charge < -0.3 is 10.4 Å². The van der Waals surface area contributed by atoms with Crippen molar-refractivity contribution >= 4 is 29.2 Å². The summed E-state index contributed by atoms with van der Waals surface area (Å²) in [6, 6.07) is 7.42. The largest absolute Gasteiger partial charge is 0.479 e. The van der Waals surface area contributed by atoms with Crippen LogP contribution in [-0.4, -0.2) is 26.8 Å². The van der Waals surface area contributed by atoms with Crippen molar-refractivity contribution in [1.82, 2.24) is 9.78 Å². The number of nitrogens with zero attached hydrogens (tertiary/aromatic N) is 2. The lowest BCUT2D eigenvalue weighted by Crippen LogP contribution is -2.38. The van der Waals surface area contributed by atoms with Crippen LogP contribution in [0, 0.1) is 0 Å². The number of carboxylic acid groups (broad SMARTS) is 1. The molecule has 2 aromatic rings. The molecule has 1 saturated carbocycles. The van der Waals surface area contributed by atoms with Gasteiger partial charge in [0.15, 0.2) is 5.54 Å². The number of carbonyl (C=O) groups is 2. The molecule has 26 heavy (non-hydrogen) atoms. The number of carbonyl (C=O) groups excluding carboxylic acids is 1. The van der Waals surface area contributed by atoms with Gasteiger partial charge in [0.1, 0.15) is 0 Å². The zero-order valence-electron chi connectivity index (χ0n) is 14.8. The SMILES string of the molecule is CC(C)(C(=O)O)n1cc(NC(=O)C2(c3ccc(Cl)cc3)CCCC2)cn1. The molecule has 1 aliphatic rings. The van der Waals surface area contributed by atoms with E-state index in [1.165, 1.54) is 10.9 Å². The van der Waals surface area contributed by atoms with E-state index in [1.807, 2.05) is 12.1 Å². The highest BCUT2D eigenvalue weighted by molar-refractivity contribution is 6.30. The van der Waals surface area contributed by atoms with Crippen molar-refractivity contribution in [1.29, 1.82) is 0 Å². The third kappa shape index (κ3) is 3.21. The van der Waals surface area contributed by atoms with Crippen molar-refractivity contribution in [3.8, 4) is 0 Å². The molecule has 138 valence electrons. The molecule has 1 fully saturated rings. The number of rotatable bonds is 5. The van der Waals surface area contributed by atoms with E-state index in [2.05, 4.69) is 10.4 Å². The lowest BCUT2D eigenvalue weighted by molar-refractivity contribution is -0.146. The highest BCUT2D eigenvalue weighted by atomic mass is 35.5. The van der Waals surface area contributed by atoms with Gasteiger partial charge in [-0.05, 0) is 44.4 Å². The Morgan fingerprint density at radius 3 is 2.42 bits per heavy atom. The van der Waals surface area contributed by atoms with E-state index >= 15 is 0 Å². The van der Waals surface area contributed by atoms with E-state index < -0.39 is 16.9 Å². The molecule has 7 heteroatoms. The minimum absolute atomic E-state index is 0.0926. The number of carboxylic acids is 1.